The topological polar surface area (TPSA) is 42.2 Å². The van der Waals surface area contributed by atoms with Crippen molar-refractivity contribution in [3.63, 3.8) is 0 Å². The lowest BCUT2D eigenvalue weighted by Gasteiger charge is -2.23. The number of pyridine rings is 1. The van der Waals surface area contributed by atoms with Gasteiger partial charge in [-0.25, -0.2) is 0 Å². The molecule has 1 aromatic heterocycles. The molecule has 0 aliphatic rings. The van der Waals surface area contributed by atoms with Crippen LogP contribution in [0.25, 0.3) is 0 Å². The van der Waals surface area contributed by atoms with Gasteiger partial charge in [-0.1, -0.05) is 18.2 Å². The molecular weight excluding hydrogens is 222 g/mol. The highest BCUT2D eigenvalue weighted by Crippen LogP contribution is 2.23. The zero-order valence-corrected chi connectivity index (χ0v) is 11.1. The lowest BCUT2D eigenvalue weighted by molar-refractivity contribution is 0.905. The normalized spacial score (nSPS) is 10.4. The molecule has 2 aromatic rings. The van der Waals surface area contributed by atoms with Crippen LogP contribution < -0.4 is 10.6 Å². The molecule has 0 atom stereocenters. The average molecular weight is 241 g/mol. The number of hydrogen-bond donors (Lipinski definition) is 1. The maximum Gasteiger partial charge on any atom is 0.0738 e. The first kappa shape index (κ1) is 12.4. The summed E-state index contributed by atoms with van der Waals surface area (Å²) in [5.74, 6) is 0. The first-order valence-corrected chi connectivity index (χ1v) is 6.05. The van der Waals surface area contributed by atoms with Gasteiger partial charge >= 0.3 is 0 Å². The molecule has 3 nitrogen and oxygen atoms in total. The molecule has 18 heavy (non-hydrogen) atoms. The van der Waals surface area contributed by atoms with Gasteiger partial charge in [0.25, 0.3) is 0 Å². The summed E-state index contributed by atoms with van der Waals surface area (Å²) in [6, 6.07) is 8.33. The largest absolute Gasteiger partial charge is 0.396 e. The summed E-state index contributed by atoms with van der Waals surface area (Å²) in [7, 11) is 2.05. The average Bonchev–Trinajstić information content (AvgIpc) is 2.34. The van der Waals surface area contributed by atoms with E-state index in [1.807, 2.05) is 6.07 Å². The minimum atomic E-state index is 0.714. The monoisotopic (exact) mass is 241 g/mol. The quantitative estimate of drug-likeness (QED) is 0.898. The van der Waals surface area contributed by atoms with Crippen molar-refractivity contribution in [2.24, 2.45) is 0 Å². The Morgan fingerprint density at radius 1 is 1.17 bits per heavy atom. The molecule has 0 saturated heterocycles. The van der Waals surface area contributed by atoms with Crippen LogP contribution in [-0.4, -0.2) is 12.0 Å². The number of nitrogens with zero attached hydrogens (tertiary/aromatic N) is 2. The second kappa shape index (κ2) is 5.08. The Morgan fingerprint density at radius 2 is 1.83 bits per heavy atom. The van der Waals surface area contributed by atoms with Crippen molar-refractivity contribution in [3.8, 4) is 0 Å². The number of rotatable bonds is 3. The van der Waals surface area contributed by atoms with Crippen molar-refractivity contribution in [3.05, 3.63) is 53.3 Å². The molecule has 94 valence electrons. The van der Waals surface area contributed by atoms with Crippen molar-refractivity contribution >= 4 is 11.4 Å². The molecule has 0 unspecified atom stereocenters. The van der Waals surface area contributed by atoms with Crippen LogP contribution in [0.4, 0.5) is 11.4 Å². The van der Waals surface area contributed by atoms with E-state index in [0.29, 0.717) is 5.69 Å². The Kier molecular flexibility index (Phi) is 3.51. The van der Waals surface area contributed by atoms with E-state index in [0.717, 1.165) is 12.2 Å². The van der Waals surface area contributed by atoms with E-state index in [-0.39, 0.29) is 0 Å². The fourth-order valence-corrected chi connectivity index (χ4v) is 2.17. The molecule has 0 aliphatic carbocycles. The van der Waals surface area contributed by atoms with Crippen molar-refractivity contribution < 1.29 is 0 Å². The van der Waals surface area contributed by atoms with Crippen LogP contribution in [0.1, 0.15) is 16.7 Å². The van der Waals surface area contributed by atoms with E-state index >= 15 is 0 Å². The molecule has 0 bridgehead atoms. The Morgan fingerprint density at radius 3 is 2.44 bits per heavy atom. The summed E-state index contributed by atoms with van der Waals surface area (Å²) >= 11 is 0. The van der Waals surface area contributed by atoms with E-state index in [4.69, 9.17) is 5.73 Å². The molecule has 1 aromatic carbocycles. The van der Waals surface area contributed by atoms with Crippen LogP contribution in [0.15, 0.2) is 36.7 Å². The summed E-state index contributed by atoms with van der Waals surface area (Å²) < 4.78 is 0. The van der Waals surface area contributed by atoms with Crippen molar-refractivity contribution in [2.75, 3.05) is 17.7 Å². The minimum absolute atomic E-state index is 0.714. The molecule has 0 aliphatic heterocycles. The zero-order valence-electron chi connectivity index (χ0n) is 11.1. The number of aromatic nitrogens is 1. The molecule has 0 amide bonds. The number of anilines is 2. The van der Waals surface area contributed by atoms with Crippen LogP contribution in [0.5, 0.6) is 0 Å². The van der Waals surface area contributed by atoms with Gasteiger partial charge in [-0.3, -0.25) is 4.98 Å². The lowest BCUT2D eigenvalue weighted by atomic mass is 10.0. The van der Waals surface area contributed by atoms with Gasteiger partial charge in [0.1, 0.15) is 0 Å². The lowest BCUT2D eigenvalue weighted by Crippen LogP contribution is -2.19. The Balaban J connectivity index is 2.27. The highest BCUT2D eigenvalue weighted by atomic mass is 15.1. The fourth-order valence-electron chi connectivity index (χ4n) is 2.17. The minimum Gasteiger partial charge on any atom is -0.396 e. The second-order valence-electron chi connectivity index (χ2n) is 4.66. The number of aryl methyl sites for hydroxylation is 2. The summed E-state index contributed by atoms with van der Waals surface area (Å²) in [5.41, 5.74) is 11.7. The van der Waals surface area contributed by atoms with Crippen LogP contribution in [0.3, 0.4) is 0 Å². The Hall–Kier alpha value is -2.03. The first-order valence-electron chi connectivity index (χ1n) is 6.05. The number of nitrogens with two attached hydrogens (primary N) is 1. The van der Waals surface area contributed by atoms with Gasteiger partial charge in [0.2, 0.25) is 0 Å². The molecule has 0 radical (unpaired) electrons. The predicted octanol–water partition coefficient (Wildman–Crippen LogP) is 2.92. The Bertz CT molecular complexity index is 529. The first-order chi connectivity index (χ1) is 8.59. The summed E-state index contributed by atoms with van der Waals surface area (Å²) in [6.45, 7) is 5.14. The molecule has 0 saturated carbocycles. The predicted molar refractivity (Wildman–Crippen MR) is 76.7 cm³/mol. The van der Waals surface area contributed by atoms with Gasteiger partial charge in [-0.15, -0.1) is 0 Å². The van der Waals surface area contributed by atoms with Crippen LogP contribution >= 0.6 is 0 Å². The van der Waals surface area contributed by atoms with E-state index in [1.165, 1.54) is 16.7 Å². The SMILES string of the molecule is Cc1cccc(C)c1CN(C)c1ccncc1N. The van der Waals surface area contributed by atoms with Crippen LogP contribution in [0.2, 0.25) is 0 Å². The third-order valence-electron chi connectivity index (χ3n) is 3.28. The van der Waals surface area contributed by atoms with Gasteiger partial charge in [0, 0.05) is 19.8 Å². The third kappa shape index (κ3) is 2.45. The highest BCUT2D eigenvalue weighted by molar-refractivity contribution is 5.65. The van der Waals surface area contributed by atoms with Crippen molar-refractivity contribution in [1.29, 1.82) is 0 Å². The third-order valence-corrected chi connectivity index (χ3v) is 3.28. The van der Waals surface area contributed by atoms with Gasteiger partial charge in [0.05, 0.1) is 17.6 Å². The number of nitrogen functional groups attached to an aromatic ring is 1. The van der Waals surface area contributed by atoms with Gasteiger partial charge in [-0.05, 0) is 36.6 Å². The standard InChI is InChI=1S/C15H19N3/c1-11-5-4-6-12(2)13(11)10-18(3)15-7-8-17-9-14(15)16/h4-9H,10,16H2,1-3H3. The summed E-state index contributed by atoms with van der Waals surface area (Å²) in [5, 5.41) is 0. The van der Waals surface area contributed by atoms with Crippen molar-refractivity contribution in [2.45, 2.75) is 20.4 Å². The summed E-state index contributed by atoms with van der Waals surface area (Å²) in [4.78, 5) is 6.18. The van der Waals surface area contributed by atoms with E-state index in [9.17, 15) is 0 Å². The maximum atomic E-state index is 5.95. The van der Waals surface area contributed by atoms with E-state index in [2.05, 4.69) is 49.0 Å². The molecule has 1 heterocycles. The van der Waals surface area contributed by atoms with Crippen LogP contribution in [-0.2, 0) is 6.54 Å². The Labute approximate surface area is 108 Å². The smallest absolute Gasteiger partial charge is 0.0738 e. The zero-order chi connectivity index (χ0) is 13.1. The molecule has 2 rings (SSSR count). The molecular formula is C15H19N3. The summed E-state index contributed by atoms with van der Waals surface area (Å²) in [6.07, 6.45) is 3.46. The maximum absolute atomic E-state index is 5.95. The van der Waals surface area contributed by atoms with Crippen LogP contribution in [0, 0.1) is 13.8 Å². The molecule has 0 fully saturated rings. The molecule has 0 spiro atoms. The van der Waals surface area contributed by atoms with Crippen molar-refractivity contribution in [1.82, 2.24) is 4.98 Å². The van der Waals surface area contributed by atoms with Gasteiger partial charge in [0.15, 0.2) is 0 Å². The highest BCUT2D eigenvalue weighted by Gasteiger charge is 2.09. The molecule has 2 N–H and O–H groups in total. The number of benzene rings is 1. The molecule has 3 heteroatoms. The van der Waals surface area contributed by atoms with E-state index < -0.39 is 0 Å². The van der Waals surface area contributed by atoms with Gasteiger partial charge in [-0.2, -0.15) is 0 Å². The van der Waals surface area contributed by atoms with Gasteiger partial charge < -0.3 is 10.6 Å². The number of hydrogen-bond acceptors (Lipinski definition) is 3. The fraction of sp³-hybridized carbons (Fsp3) is 0.267. The second-order valence-corrected chi connectivity index (χ2v) is 4.66. The van der Waals surface area contributed by atoms with E-state index in [1.54, 1.807) is 12.4 Å².